The summed E-state index contributed by atoms with van der Waals surface area (Å²) >= 11 is 1.08. The van der Waals surface area contributed by atoms with E-state index < -0.39 is 35.5 Å². The Hall–Kier alpha value is -5.02. The lowest BCUT2D eigenvalue weighted by molar-refractivity contribution is 0.209. The predicted molar refractivity (Wildman–Crippen MR) is 152 cm³/mol. The van der Waals surface area contributed by atoms with Gasteiger partial charge >= 0.3 is 11.8 Å². The van der Waals surface area contributed by atoms with Crippen molar-refractivity contribution in [2.75, 3.05) is 26.5 Å². The van der Waals surface area contributed by atoms with Gasteiger partial charge in [0.25, 0.3) is 5.56 Å². The van der Waals surface area contributed by atoms with Crippen molar-refractivity contribution in [2.24, 2.45) is 0 Å². The number of nitrogens with one attached hydrogen (secondary N) is 1. The molecular formula is C27H23F2N7O5S. The van der Waals surface area contributed by atoms with Crippen LogP contribution in [0.2, 0.25) is 0 Å². The van der Waals surface area contributed by atoms with E-state index >= 15 is 0 Å². The average Bonchev–Trinajstić information content (AvgIpc) is 3.31. The maximum Gasteiger partial charge on any atom is 0.410 e. The van der Waals surface area contributed by atoms with E-state index in [4.69, 9.17) is 9.84 Å². The molecule has 0 unspecified atom stereocenters. The molecule has 4 aromatic heterocycles. The lowest BCUT2D eigenvalue weighted by Gasteiger charge is -2.14. The molecule has 1 amide bonds. The summed E-state index contributed by atoms with van der Waals surface area (Å²) in [5, 5.41) is 19.1. The van der Waals surface area contributed by atoms with Gasteiger partial charge in [-0.25, -0.2) is 27.9 Å². The van der Waals surface area contributed by atoms with E-state index in [0.29, 0.717) is 16.0 Å². The van der Waals surface area contributed by atoms with Crippen molar-refractivity contribution in [1.82, 2.24) is 29.2 Å². The first-order chi connectivity index (χ1) is 20.1. The first kappa shape index (κ1) is 28.5. The Kier molecular flexibility index (Phi) is 7.78. The van der Waals surface area contributed by atoms with Crippen molar-refractivity contribution < 1.29 is 23.4 Å². The average molecular weight is 596 g/mol. The van der Waals surface area contributed by atoms with Gasteiger partial charge < -0.3 is 14.7 Å². The summed E-state index contributed by atoms with van der Waals surface area (Å²) in [7, 11) is 4.98. The number of amides is 1. The summed E-state index contributed by atoms with van der Waals surface area (Å²) in [5.41, 5.74) is -0.866. The van der Waals surface area contributed by atoms with Gasteiger partial charge in [0, 0.05) is 34.8 Å². The van der Waals surface area contributed by atoms with Crippen LogP contribution in [0.4, 0.5) is 19.4 Å². The molecule has 0 spiro atoms. The molecule has 2 N–H and O–H groups in total. The number of ether oxygens (including phenoxy) is 1. The summed E-state index contributed by atoms with van der Waals surface area (Å²) in [4.78, 5) is 45.7. The normalized spacial score (nSPS) is 11.3. The van der Waals surface area contributed by atoms with Crippen LogP contribution in [0, 0.1) is 11.6 Å². The van der Waals surface area contributed by atoms with E-state index in [-0.39, 0.29) is 39.8 Å². The number of hydrogen-bond donors (Lipinski definition) is 2. The number of anilines is 1. The van der Waals surface area contributed by atoms with Crippen molar-refractivity contribution in [2.45, 2.75) is 13.1 Å². The molecule has 5 aromatic rings. The smallest absolute Gasteiger partial charge is 0.410 e. The molecular weight excluding hydrogens is 572 g/mol. The zero-order valence-electron chi connectivity index (χ0n) is 22.5. The number of benzene rings is 1. The minimum atomic E-state index is -1.28. The quantitative estimate of drug-likeness (QED) is 0.275. The van der Waals surface area contributed by atoms with Gasteiger partial charge in [0.05, 0.1) is 19.0 Å². The Morgan fingerprint density at radius 3 is 2.38 bits per heavy atom. The zero-order chi connectivity index (χ0) is 30.1. The third-order valence-electron chi connectivity index (χ3n) is 6.25. The lowest BCUT2D eigenvalue weighted by Crippen LogP contribution is -2.39. The zero-order valence-corrected chi connectivity index (χ0v) is 23.3. The van der Waals surface area contributed by atoms with E-state index in [2.05, 4.69) is 20.5 Å². The predicted octanol–water partition coefficient (Wildman–Crippen LogP) is 3.55. The molecule has 0 fully saturated rings. The Labute approximate surface area is 240 Å². The van der Waals surface area contributed by atoms with Crippen LogP contribution in [-0.2, 0) is 13.1 Å². The number of methoxy groups -OCH3 is 1. The van der Waals surface area contributed by atoms with E-state index in [0.717, 1.165) is 32.6 Å². The number of halogens is 2. The van der Waals surface area contributed by atoms with Crippen LogP contribution < -0.4 is 21.3 Å². The van der Waals surface area contributed by atoms with Crippen LogP contribution in [0.3, 0.4) is 0 Å². The molecule has 216 valence electrons. The summed E-state index contributed by atoms with van der Waals surface area (Å²) < 4.78 is 36.5. The van der Waals surface area contributed by atoms with Crippen LogP contribution in [0.25, 0.3) is 26.5 Å². The van der Waals surface area contributed by atoms with Crippen molar-refractivity contribution in [3.63, 3.8) is 0 Å². The monoisotopic (exact) mass is 595 g/mol. The number of nitrogens with zero attached hydrogens (tertiary/aromatic N) is 6. The molecule has 12 nitrogen and oxygen atoms in total. The third-order valence-corrected chi connectivity index (χ3v) is 7.55. The summed E-state index contributed by atoms with van der Waals surface area (Å²) in [6.45, 7) is -0.265. The Bertz CT molecular complexity index is 1900. The summed E-state index contributed by atoms with van der Waals surface area (Å²) in [6, 6.07) is 9.27. The summed E-state index contributed by atoms with van der Waals surface area (Å²) in [5.74, 6) is -1.57. The molecule has 0 saturated heterocycles. The molecule has 0 aliphatic carbocycles. The highest BCUT2D eigenvalue weighted by atomic mass is 32.1. The van der Waals surface area contributed by atoms with Gasteiger partial charge in [0.15, 0.2) is 5.82 Å². The summed E-state index contributed by atoms with van der Waals surface area (Å²) in [6.07, 6.45) is 0.152. The van der Waals surface area contributed by atoms with Gasteiger partial charge in [-0.3, -0.25) is 14.7 Å². The minimum absolute atomic E-state index is 0.0916. The van der Waals surface area contributed by atoms with Crippen LogP contribution in [0.1, 0.15) is 11.1 Å². The standard InChI is InChI=1S/C27H23F2N7O5S/c1-34(2)12-16-22-24(37)36(20-9-10-21(41-3)33-32-20)27(40)35(13-15-17(28)5-4-6-18(15)29)25(22)42-23(16)14-7-8-19(30-11-14)31-26(38)39/h4-11H,12-13H2,1-3H3,(H,30,31)(H,38,39). The largest absolute Gasteiger partial charge is 0.480 e. The van der Waals surface area contributed by atoms with Crippen molar-refractivity contribution in [3.05, 3.63) is 92.3 Å². The fraction of sp³-hybridized carbons (Fsp3) is 0.185. The molecule has 0 atom stereocenters. The lowest BCUT2D eigenvalue weighted by atomic mass is 10.1. The molecule has 0 bridgehead atoms. The van der Waals surface area contributed by atoms with Crippen molar-refractivity contribution in [3.8, 4) is 22.1 Å². The highest BCUT2D eigenvalue weighted by Crippen LogP contribution is 2.38. The molecule has 1 aromatic carbocycles. The second-order valence-electron chi connectivity index (χ2n) is 9.33. The van der Waals surface area contributed by atoms with Gasteiger partial charge in [-0.05, 0) is 50.0 Å². The number of thiophene rings is 1. The number of aromatic nitrogens is 5. The number of rotatable bonds is 8. The van der Waals surface area contributed by atoms with Crippen LogP contribution in [-0.4, -0.2) is 61.6 Å². The second-order valence-corrected chi connectivity index (χ2v) is 10.3. The maximum absolute atomic E-state index is 14.8. The molecule has 0 radical (unpaired) electrons. The molecule has 0 aliphatic rings. The van der Waals surface area contributed by atoms with Gasteiger partial charge in [0.1, 0.15) is 22.3 Å². The fourth-order valence-electron chi connectivity index (χ4n) is 4.40. The molecule has 0 saturated carbocycles. The number of pyridine rings is 1. The molecule has 0 aliphatic heterocycles. The van der Waals surface area contributed by atoms with E-state index in [1.54, 1.807) is 20.2 Å². The van der Waals surface area contributed by atoms with Crippen molar-refractivity contribution >= 4 is 33.5 Å². The molecule has 42 heavy (non-hydrogen) atoms. The minimum Gasteiger partial charge on any atom is -0.480 e. The third kappa shape index (κ3) is 5.34. The SMILES string of the molecule is COc1ccc(-n2c(=O)c3c(CN(C)C)c(-c4ccc(NC(=O)O)nc4)sc3n(Cc3c(F)cccc3F)c2=O)nn1. The van der Waals surface area contributed by atoms with Crippen LogP contribution in [0.5, 0.6) is 5.88 Å². The van der Waals surface area contributed by atoms with Crippen molar-refractivity contribution in [1.29, 1.82) is 0 Å². The van der Waals surface area contributed by atoms with Gasteiger partial charge in [-0.2, -0.15) is 0 Å². The number of hydrogen-bond acceptors (Lipinski definition) is 9. The maximum atomic E-state index is 14.8. The number of carbonyl (C=O) groups is 1. The van der Waals surface area contributed by atoms with E-state index in [9.17, 15) is 23.2 Å². The Balaban J connectivity index is 1.84. The first-order valence-corrected chi connectivity index (χ1v) is 13.1. The van der Waals surface area contributed by atoms with Gasteiger partial charge in [0.2, 0.25) is 5.88 Å². The van der Waals surface area contributed by atoms with Crippen LogP contribution >= 0.6 is 11.3 Å². The van der Waals surface area contributed by atoms with Gasteiger partial charge in [-0.1, -0.05) is 6.07 Å². The van der Waals surface area contributed by atoms with Crippen LogP contribution in [0.15, 0.2) is 58.3 Å². The highest BCUT2D eigenvalue weighted by Gasteiger charge is 2.26. The Morgan fingerprint density at radius 2 is 1.81 bits per heavy atom. The molecule has 15 heteroatoms. The molecule has 4 heterocycles. The first-order valence-electron chi connectivity index (χ1n) is 12.3. The number of carboxylic acid groups (broad SMARTS) is 1. The highest BCUT2D eigenvalue weighted by molar-refractivity contribution is 7.22. The second kappa shape index (κ2) is 11.5. The Morgan fingerprint density at radius 1 is 1.07 bits per heavy atom. The topological polar surface area (TPSA) is 144 Å². The van der Waals surface area contributed by atoms with Gasteiger partial charge in [-0.15, -0.1) is 21.5 Å². The van der Waals surface area contributed by atoms with E-state index in [1.807, 2.05) is 4.90 Å². The number of fused-ring (bicyclic) bond motifs is 1. The fourth-order valence-corrected chi connectivity index (χ4v) is 5.69. The van der Waals surface area contributed by atoms with E-state index in [1.165, 1.54) is 37.6 Å². The molecule has 5 rings (SSSR count).